The monoisotopic (exact) mass is 467 g/mol. The van der Waals surface area contributed by atoms with Gasteiger partial charge in [0.05, 0.1) is 17.7 Å². The molecule has 0 aliphatic rings. The second kappa shape index (κ2) is 9.25. The first-order valence-corrected chi connectivity index (χ1v) is 10.6. The lowest BCUT2D eigenvalue weighted by Gasteiger charge is -2.08. The molecule has 0 saturated carbocycles. The molecule has 1 heterocycles. The van der Waals surface area contributed by atoms with Gasteiger partial charge in [-0.3, -0.25) is 4.79 Å². The van der Waals surface area contributed by atoms with Gasteiger partial charge in [0.15, 0.2) is 11.6 Å². The molecule has 1 amide bonds. The Balaban J connectivity index is 1.69. The van der Waals surface area contributed by atoms with Crippen LogP contribution >= 0.6 is 11.3 Å². The molecule has 4 rings (SSSR count). The normalized spacial score (nSPS) is 10.8. The van der Waals surface area contributed by atoms with Crippen molar-refractivity contribution < 1.29 is 23.0 Å². The summed E-state index contributed by atoms with van der Waals surface area (Å²) >= 11 is 1.37. The molecule has 0 radical (unpaired) electrons. The SMILES string of the molecule is COc1ccc(-c2nc(COc3ccc(F)c(C(N)=O)c3F)sc2-c2ccc(N)cc2)cc1. The number of halogens is 2. The van der Waals surface area contributed by atoms with Gasteiger partial charge < -0.3 is 20.9 Å². The van der Waals surface area contributed by atoms with E-state index in [4.69, 9.17) is 20.9 Å². The second-order valence-electron chi connectivity index (χ2n) is 7.02. The average molecular weight is 467 g/mol. The molecule has 0 saturated heterocycles. The number of carbonyl (C=O) groups excluding carboxylic acids is 1. The molecule has 0 aliphatic heterocycles. The van der Waals surface area contributed by atoms with E-state index in [0.29, 0.717) is 22.1 Å². The van der Waals surface area contributed by atoms with Crippen LogP contribution in [0.5, 0.6) is 11.5 Å². The number of rotatable bonds is 7. The number of hydrogen-bond donors (Lipinski definition) is 2. The molecular weight excluding hydrogens is 448 g/mol. The molecule has 4 aromatic rings. The topological polar surface area (TPSA) is 100 Å². The number of anilines is 1. The van der Waals surface area contributed by atoms with Gasteiger partial charge >= 0.3 is 0 Å². The maximum Gasteiger partial charge on any atom is 0.254 e. The van der Waals surface area contributed by atoms with Crippen LogP contribution in [-0.2, 0) is 6.61 Å². The lowest BCUT2D eigenvalue weighted by molar-refractivity contribution is 0.0991. The first kappa shape index (κ1) is 22.2. The van der Waals surface area contributed by atoms with Gasteiger partial charge in [-0.2, -0.15) is 0 Å². The van der Waals surface area contributed by atoms with Crippen molar-refractivity contribution in [2.24, 2.45) is 5.73 Å². The van der Waals surface area contributed by atoms with Gasteiger partial charge in [0.1, 0.15) is 28.7 Å². The smallest absolute Gasteiger partial charge is 0.254 e. The molecule has 0 aliphatic carbocycles. The minimum atomic E-state index is -1.21. The van der Waals surface area contributed by atoms with Crippen LogP contribution in [0.2, 0.25) is 0 Å². The lowest BCUT2D eigenvalue weighted by atomic mass is 10.1. The molecule has 1 aromatic heterocycles. The maximum absolute atomic E-state index is 14.5. The van der Waals surface area contributed by atoms with Gasteiger partial charge in [-0.15, -0.1) is 11.3 Å². The van der Waals surface area contributed by atoms with Crippen molar-refractivity contribution in [3.63, 3.8) is 0 Å². The first-order chi connectivity index (χ1) is 15.9. The molecular formula is C24H19F2N3O3S. The van der Waals surface area contributed by atoms with E-state index in [-0.39, 0.29) is 12.4 Å². The van der Waals surface area contributed by atoms with Crippen molar-refractivity contribution in [1.82, 2.24) is 4.98 Å². The van der Waals surface area contributed by atoms with Crippen molar-refractivity contribution >= 4 is 22.9 Å². The Kier molecular flexibility index (Phi) is 6.23. The molecule has 0 spiro atoms. The number of hydrogen-bond acceptors (Lipinski definition) is 6. The number of carbonyl (C=O) groups is 1. The quantitative estimate of drug-likeness (QED) is 0.372. The van der Waals surface area contributed by atoms with Crippen molar-refractivity contribution in [3.8, 4) is 33.2 Å². The molecule has 4 N–H and O–H groups in total. The number of nitrogen functional groups attached to an aromatic ring is 1. The van der Waals surface area contributed by atoms with E-state index in [2.05, 4.69) is 4.98 Å². The van der Waals surface area contributed by atoms with Crippen LogP contribution in [0, 0.1) is 11.6 Å². The Hall–Kier alpha value is -3.98. The highest BCUT2D eigenvalue weighted by Crippen LogP contribution is 2.38. The van der Waals surface area contributed by atoms with E-state index >= 15 is 0 Å². The lowest BCUT2D eigenvalue weighted by Crippen LogP contribution is -2.16. The van der Waals surface area contributed by atoms with Crippen molar-refractivity contribution in [1.29, 1.82) is 0 Å². The molecule has 0 unspecified atom stereocenters. The summed E-state index contributed by atoms with van der Waals surface area (Å²) in [5, 5.41) is 0.553. The molecule has 168 valence electrons. The van der Waals surface area contributed by atoms with Crippen LogP contribution < -0.4 is 20.9 Å². The first-order valence-electron chi connectivity index (χ1n) is 9.78. The molecule has 33 heavy (non-hydrogen) atoms. The Morgan fingerprint density at radius 1 is 1.00 bits per heavy atom. The zero-order valence-electron chi connectivity index (χ0n) is 17.5. The number of methoxy groups -OCH3 is 1. The number of ether oxygens (including phenoxy) is 2. The fraction of sp³-hybridized carbons (Fsp3) is 0.0833. The standard InChI is InChI=1S/C24H19F2N3O3S/c1-31-16-8-4-13(5-9-16)22-23(14-2-6-15(27)7-3-14)33-19(29-22)12-32-18-11-10-17(25)20(21(18)26)24(28)30/h2-11H,12,27H2,1H3,(H2,28,30). The summed E-state index contributed by atoms with van der Waals surface area (Å²) in [7, 11) is 1.59. The van der Waals surface area contributed by atoms with Crippen molar-refractivity contribution in [3.05, 3.63) is 82.9 Å². The Bertz CT molecular complexity index is 1310. The summed E-state index contributed by atoms with van der Waals surface area (Å²) < 4.78 is 39.0. The number of thiazole rings is 1. The minimum Gasteiger partial charge on any atom is -0.497 e. The number of amides is 1. The van der Waals surface area contributed by atoms with Crippen molar-refractivity contribution in [2.75, 3.05) is 12.8 Å². The summed E-state index contributed by atoms with van der Waals surface area (Å²) in [5.41, 5.74) is 13.2. The summed E-state index contributed by atoms with van der Waals surface area (Å²) in [6.07, 6.45) is 0. The van der Waals surface area contributed by atoms with Crippen LogP contribution in [0.15, 0.2) is 60.7 Å². The highest BCUT2D eigenvalue weighted by Gasteiger charge is 2.20. The van der Waals surface area contributed by atoms with E-state index in [0.717, 1.165) is 28.1 Å². The third kappa shape index (κ3) is 4.63. The molecule has 0 bridgehead atoms. The van der Waals surface area contributed by atoms with E-state index in [1.807, 2.05) is 36.4 Å². The van der Waals surface area contributed by atoms with Crippen LogP contribution in [0.25, 0.3) is 21.7 Å². The molecule has 9 heteroatoms. The van der Waals surface area contributed by atoms with Gasteiger partial charge in [0, 0.05) is 11.3 Å². The zero-order valence-corrected chi connectivity index (χ0v) is 18.3. The molecule has 0 fully saturated rings. The fourth-order valence-corrected chi connectivity index (χ4v) is 4.22. The van der Waals surface area contributed by atoms with E-state index < -0.39 is 23.1 Å². The minimum absolute atomic E-state index is 0.0937. The Morgan fingerprint density at radius 2 is 1.67 bits per heavy atom. The van der Waals surface area contributed by atoms with E-state index in [9.17, 15) is 13.6 Å². The number of benzene rings is 3. The number of nitrogens with zero attached hydrogens (tertiary/aromatic N) is 1. The van der Waals surface area contributed by atoms with Gasteiger partial charge in [-0.25, -0.2) is 13.8 Å². The van der Waals surface area contributed by atoms with Crippen molar-refractivity contribution in [2.45, 2.75) is 6.61 Å². The molecule has 0 atom stereocenters. The van der Waals surface area contributed by atoms with E-state index in [1.54, 1.807) is 19.2 Å². The zero-order chi connectivity index (χ0) is 23.5. The fourth-order valence-electron chi connectivity index (χ4n) is 3.21. The van der Waals surface area contributed by atoms with Gasteiger partial charge in [-0.1, -0.05) is 12.1 Å². The predicted molar refractivity (Wildman–Crippen MR) is 123 cm³/mol. The molecule has 6 nitrogen and oxygen atoms in total. The highest BCUT2D eigenvalue weighted by atomic mass is 32.1. The van der Waals surface area contributed by atoms with Crippen LogP contribution in [0.4, 0.5) is 14.5 Å². The number of nitrogens with two attached hydrogens (primary N) is 2. The van der Waals surface area contributed by atoms with Crippen LogP contribution in [-0.4, -0.2) is 18.0 Å². The van der Waals surface area contributed by atoms with Crippen LogP contribution in [0.1, 0.15) is 15.4 Å². The molecule has 3 aromatic carbocycles. The van der Waals surface area contributed by atoms with Crippen LogP contribution in [0.3, 0.4) is 0 Å². The van der Waals surface area contributed by atoms with Gasteiger partial charge in [0.2, 0.25) is 0 Å². The summed E-state index contributed by atoms with van der Waals surface area (Å²) in [6.45, 7) is -0.0937. The largest absolute Gasteiger partial charge is 0.497 e. The Morgan fingerprint density at radius 3 is 2.30 bits per heavy atom. The second-order valence-corrected chi connectivity index (χ2v) is 8.11. The Labute approximate surface area is 192 Å². The average Bonchev–Trinajstić information content (AvgIpc) is 3.23. The summed E-state index contributed by atoms with van der Waals surface area (Å²) in [5.74, 6) is -2.98. The number of primary amides is 1. The summed E-state index contributed by atoms with van der Waals surface area (Å²) in [4.78, 5) is 16.9. The third-order valence-electron chi connectivity index (χ3n) is 4.86. The van der Waals surface area contributed by atoms with E-state index in [1.165, 1.54) is 11.3 Å². The number of aromatic nitrogens is 1. The summed E-state index contributed by atoms with van der Waals surface area (Å²) in [6, 6.07) is 16.8. The van der Waals surface area contributed by atoms with Gasteiger partial charge in [-0.05, 0) is 54.1 Å². The maximum atomic E-state index is 14.5. The highest BCUT2D eigenvalue weighted by molar-refractivity contribution is 7.15. The van der Waals surface area contributed by atoms with Gasteiger partial charge in [0.25, 0.3) is 5.91 Å². The predicted octanol–water partition coefficient (Wildman–Crippen LogP) is 5.02. The third-order valence-corrected chi connectivity index (χ3v) is 5.94.